The number of ether oxygens (including phenoxy) is 2. The highest BCUT2D eigenvalue weighted by Crippen LogP contribution is 2.27. The Bertz CT molecular complexity index is 724. The van der Waals surface area contributed by atoms with E-state index in [0.29, 0.717) is 0 Å². The zero-order valence-electron chi connectivity index (χ0n) is 15.9. The van der Waals surface area contributed by atoms with Crippen LogP contribution in [0.25, 0.3) is 0 Å². The van der Waals surface area contributed by atoms with Crippen molar-refractivity contribution in [3.63, 3.8) is 0 Å². The van der Waals surface area contributed by atoms with Crippen LogP contribution >= 0.6 is 35.6 Å². The maximum Gasteiger partial charge on any atom is 0.190 e. The molecule has 0 saturated heterocycles. The van der Waals surface area contributed by atoms with Gasteiger partial charge in [0.15, 0.2) is 17.5 Å². The lowest BCUT2D eigenvalue weighted by atomic mass is 10.1. The van der Waals surface area contributed by atoms with E-state index in [1.807, 2.05) is 42.5 Å². The largest absolute Gasteiger partial charge is 0.493 e. The third-order valence-electron chi connectivity index (χ3n) is 4.00. The second-order valence-corrected chi connectivity index (χ2v) is 6.18. The van der Waals surface area contributed by atoms with E-state index in [0.717, 1.165) is 48.4 Å². The first-order valence-electron chi connectivity index (χ1n) is 8.56. The molecule has 0 radical (unpaired) electrons. The molecule has 0 saturated carbocycles. The van der Waals surface area contributed by atoms with E-state index in [4.69, 9.17) is 21.1 Å². The first-order chi connectivity index (χ1) is 12.7. The third-order valence-corrected chi connectivity index (χ3v) is 4.25. The number of nitrogens with zero attached hydrogens (tertiary/aromatic N) is 1. The third kappa shape index (κ3) is 7.84. The highest BCUT2D eigenvalue weighted by Gasteiger charge is 2.05. The molecule has 5 nitrogen and oxygen atoms in total. The lowest BCUT2D eigenvalue weighted by Crippen LogP contribution is -2.39. The van der Waals surface area contributed by atoms with Crippen molar-refractivity contribution in [2.75, 3.05) is 34.4 Å². The van der Waals surface area contributed by atoms with Gasteiger partial charge in [0.1, 0.15) is 0 Å². The van der Waals surface area contributed by atoms with Crippen LogP contribution in [0.1, 0.15) is 11.1 Å². The molecule has 0 aromatic heterocycles. The summed E-state index contributed by atoms with van der Waals surface area (Å²) in [7, 11) is 5.05. The SMILES string of the molecule is CN=C(NCCc1ccc(Cl)cc1)NCCc1ccc(OC)c(OC)c1.I. The molecule has 0 spiro atoms. The maximum absolute atomic E-state index is 5.90. The normalized spacial score (nSPS) is 10.7. The van der Waals surface area contributed by atoms with Crippen molar-refractivity contribution >= 4 is 41.5 Å². The maximum atomic E-state index is 5.90. The number of hydrogen-bond donors (Lipinski definition) is 2. The van der Waals surface area contributed by atoms with Gasteiger partial charge >= 0.3 is 0 Å². The van der Waals surface area contributed by atoms with E-state index < -0.39 is 0 Å². The molecule has 0 atom stereocenters. The average molecular weight is 504 g/mol. The fourth-order valence-corrected chi connectivity index (χ4v) is 2.68. The van der Waals surface area contributed by atoms with Gasteiger partial charge in [0.05, 0.1) is 14.2 Å². The Hall–Kier alpha value is -1.67. The van der Waals surface area contributed by atoms with Crippen LogP contribution in [0.3, 0.4) is 0 Å². The van der Waals surface area contributed by atoms with Crippen molar-refractivity contribution < 1.29 is 9.47 Å². The topological polar surface area (TPSA) is 54.9 Å². The fraction of sp³-hybridized carbons (Fsp3) is 0.350. The van der Waals surface area contributed by atoms with Gasteiger partial charge in [-0.25, -0.2) is 0 Å². The molecule has 0 aliphatic heterocycles. The summed E-state index contributed by atoms with van der Waals surface area (Å²) in [5.41, 5.74) is 2.41. The molecule has 0 amide bonds. The van der Waals surface area contributed by atoms with E-state index >= 15 is 0 Å². The Labute approximate surface area is 183 Å². The van der Waals surface area contributed by atoms with Crippen molar-refractivity contribution in [3.8, 4) is 11.5 Å². The molecule has 0 aliphatic carbocycles. The van der Waals surface area contributed by atoms with E-state index in [9.17, 15) is 0 Å². The number of aliphatic imine (C=N–C) groups is 1. The van der Waals surface area contributed by atoms with Gasteiger partial charge in [-0.1, -0.05) is 29.8 Å². The second-order valence-electron chi connectivity index (χ2n) is 5.74. The molecule has 0 heterocycles. The molecule has 7 heteroatoms. The summed E-state index contributed by atoms with van der Waals surface area (Å²) < 4.78 is 10.6. The van der Waals surface area contributed by atoms with Crippen molar-refractivity contribution in [2.45, 2.75) is 12.8 Å². The monoisotopic (exact) mass is 503 g/mol. The highest BCUT2D eigenvalue weighted by molar-refractivity contribution is 14.0. The number of halogens is 2. The average Bonchev–Trinajstić information content (AvgIpc) is 2.68. The first-order valence-corrected chi connectivity index (χ1v) is 8.94. The van der Waals surface area contributed by atoms with Crippen LogP contribution in [0, 0.1) is 0 Å². The van der Waals surface area contributed by atoms with Crippen LogP contribution in [0.4, 0.5) is 0 Å². The van der Waals surface area contributed by atoms with Gasteiger partial charge < -0.3 is 20.1 Å². The molecule has 27 heavy (non-hydrogen) atoms. The lowest BCUT2D eigenvalue weighted by Gasteiger charge is -2.13. The Kier molecular flexibility index (Phi) is 11.0. The first kappa shape index (κ1) is 23.4. The zero-order chi connectivity index (χ0) is 18.8. The van der Waals surface area contributed by atoms with Crippen molar-refractivity contribution in [3.05, 3.63) is 58.6 Å². The number of hydrogen-bond acceptors (Lipinski definition) is 3. The predicted molar refractivity (Wildman–Crippen MR) is 123 cm³/mol. The van der Waals surface area contributed by atoms with Crippen LogP contribution in [-0.4, -0.2) is 40.3 Å². The summed E-state index contributed by atoms with van der Waals surface area (Å²) in [5, 5.41) is 7.40. The Balaban J connectivity index is 0.00000364. The Morgan fingerprint density at radius 3 is 2.00 bits per heavy atom. The molecule has 148 valence electrons. The van der Waals surface area contributed by atoms with Crippen molar-refractivity contribution in [1.82, 2.24) is 10.6 Å². The van der Waals surface area contributed by atoms with E-state index in [-0.39, 0.29) is 24.0 Å². The van der Waals surface area contributed by atoms with Crippen LogP contribution < -0.4 is 20.1 Å². The van der Waals surface area contributed by atoms with Gasteiger partial charge in [-0.05, 0) is 48.2 Å². The number of benzene rings is 2. The summed E-state index contributed by atoms with van der Waals surface area (Å²) >= 11 is 5.90. The standard InChI is InChI=1S/C20H26ClN3O2.HI/c1-22-20(23-12-10-15-4-7-17(21)8-5-15)24-13-11-16-6-9-18(25-2)19(14-16)26-3;/h4-9,14H,10-13H2,1-3H3,(H2,22,23,24);1H. The van der Waals surface area contributed by atoms with Crippen LogP contribution in [-0.2, 0) is 12.8 Å². The van der Waals surface area contributed by atoms with Crippen LogP contribution in [0.2, 0.25) is 5.02 Å². The molecular weight excluding hydrogens is 477 g/mol. The molecule has 2 aromatic carbocycles. The minimum atomic E-state index is 0. The Morgan fingerprint density at radius 1 is 0.889 bits per heavy atom. The van der Waals surface area contributed by atoms with Crippen LogP contribution in [0.15, 0.2) is 47.5 Å². The highest BCUT2D eigenvalue weighted by atomic mass is 127. The van der Waals surface area contributed by atoms with E-state index in [1.165, 1.54) is 11.1 Å². The molecule has 2 rings (SSSR count). The van der Waals surface area contributed by atoms with Gasteiger partial charge in [0, 0.05) is 25.2 Å². The van der Waals surface area contributed by atoms with Gasteiger partial charge in [0.25, 0.3) is 0 Å². The lowest BCUT2D eigenvalue weighted by molar-refractivity contribution is 0.354. The molecule has 0 aliphatic rings. The number of rotatable bonds is 8. The smallest absolute Gasteiger partial charge is 0.190 e. The van der Waals surface area contributed by atoms with Gasteiger partial charge in [0.2, 0.25) is 0 Å². The fourth-order valence-electron chi connectivity index (χ4n) is 2.56. The summed E-state index contributed by atoms with van der Waals surface area (Å²) in [6, 6.07) is 13.9. The second kappa shape index (κ2) is 12.7. The molecule has 0 bridgehead atoms. The summed E-state index contributed by atoms with van der Waals surface area (Å²) in [6.45, 7) is 1.58. The van der Waals surface area contributed by atoms with Gasteiger partial charge in [-0.2, -0.15) is 0 Å². The molecule has 2 N–H and O–H groups in total. The summed E-state index contributed by atoms with van der Waals surface area (Å²) in [5.74, 6) is 2.28. The van der Waals surface area contributed by atoms with Gasteiger partial charge in [-0.3, -0.25) is 4.99 Å². The Morgan fingerprint density at radius 2 is 1.44 bits per heavy atom. The zero-order valence-corrected chi connectivity index (χ0v) is 19.0. The summed E-state index contributed by atoms with van der Waals surface area (Å²) in [6.07, 6.45) is 1.77. The molecule has 0 fully saturated rings. The predicted octanol–water partition coefficient (Wildman–Crippen LogP) is 3.93. The molecule has 0 unspecified atom stereocenters. The van der Waals surface area contributed by atoms with E-state index in [1.54, 1.807) is 21.3 Å². The quantitative estimate of drug-likeness (QED) is 0.326. The minimum absolute atomic E-state index is 0. The van der Waals surface area contributed by atoms with Crippen molar-refractivity contribution in [1.29, 1.82) is 0 Å². The molecule has 2 aromatic rings. The van der Waals surface area contributed by atoms with E-state index in [2.05, 4.69) is 15.6 Å². The summed E-state index contributed by atoms with van der Waals surface area (Å²) in [4.78, 5) is 4.25. The number of methoxy groups -OCH3 is 2. The van der Waals surface area contributed by atoms with Crippen molar-refractivity contribution in [2.24, 2.45) is 4.99 Å². The molecular formula is C20H27ClIN3O2. The number of guanidine groups is 1. The number of nitrogens with one attached hydrogen (secondary N) is 2. The minimum Gasteiger partial charge on any atom is -0.493 e. The van der Waals surface area contributed by atoms with Crippen LogP contribution in [0.5, 0.6) is 11.5 Å². The van der Waals surface area contributed by atoms with Gasteiger partial charge in [-0.15, -0.1) is 24.0 Å².